The predicted molar refractivity (Wildman–Crippen MR) is 94.8 cm³/mol. The molecule has 3 aromatic rings. The summed E-state index contributed by atoms with van der Waals surface area (Å²) in [6.07, 6.45) is 0. The van der Waals surface area contributed by atoms with E-state index in [2.05, 4.69) is 15.6 Å². The smallest absolute Gasteiger partial charge is 0.408 e. The number of aromatic nitrogens is 2. The lowest BCUT2D eigenvalue weighted by Crippen LogP contribution is -2.31. The minimum Gasteiger partial charge on any atom is -0.408 e. The number of thiazole rings is 1. The number of oxazole rings is 1. The van der Waals surface area contributed by atoms with Crippen LogP contribution in [0.25, 0.3) is 11.1 Å². The van der Waals surface area contributed by atoms with Gasteiger partial charge in [-0.25, -0.2) is 9.78 Å². The van der Waals surface area contributed by atoms with Crippen molar-refractivity contribution in [1.29, 1.82) is 0 Å². The van der Waals surface area contributed by atoms with Crippen LogP contribution in [0.3, 0.4) is 0 Å². The molecule has 0 fully saturated rings. The van der Waals surface area contributed by atoms with Crippen molar-refractivity contribution in [2.45, 2.75) is 26.8 Å². The van der Waals surface area contributed by atoms with E-state index in [-0.39, 0.29) is 5.91 Å². The van der Waals surface area contributed by atoms with E-state index < -0.39 is 11.8 Å². The first-order valence-corrected chi connectivity index (χ1v) is 8.28. The zero-order chi connectivity index (χ0) is 17.4. The van der Waals surface area contributed by atoms with Gasteiger partial charge in [0.2, 0.25) is 5.91 Å². The van der Waals surface area contributed by atoms with Crippen LogP contribution in [0.2, 0.25) is 0 Å². The number of carbonyl (C=O) groups excluding carboxylic acids is 1. The molecule has 2 heterocycles. The van der Waals surface area contributed by atoms with Gasteiger partial charge >= 0.3 is 5.76 Å². The summed E-state index contributed by atoms with van der Waals surface area (Å²) in [5, 5.41) is 6.49. The number of nitrogens with zero attached hydrogens (tertiary/aromatic N) is 2. The van der Waals surface area contributed by atoms with Crippen molar-refractivity contribution < 1.29 is 9.21 Å². The molecule has 0 aliphatic carbocycles. The maximum absolute atomic E-state index is 12.3. The van der Waals surface area contributed by atoms with Crippen LogP contribution < -0.4 is 16.4 Å². The Bertz CT molecular complexity index is 950. The van der Waals surface area contributed by atoms with Gasteiger partial charge in [-0.2, -0.15) is 0 Å². The molecule has 0 radical (unpaired) electrons. The first-order chi connectivity index (χ1) is 11.3. The molecule has 0 bridgehead atoms. The summed E-state index contributed by atoms with van der Waals surface area (Å²) in [6.45, 7) is 5.63. The Balaban J connectivity index is 1.72. The fourth-order valence-electron chi connectivity index (χ4n) is 2.28. The van der Waals surface area contributed by atoms with Crippen molar-refractivity contribution in [2.24, 2.45) is 7.05 Å². The van der Waals surface area contributed by atoms with Crippen LogP contribution in [0, 0.1) is 13.8 Å². The van der Waals surface area contributed by atoms with Gasteiger partial charge in [0.25, 0.3) is 0 Å². The van der Waals surface area contributed by atoms with E-state index in [1.165, 1.54) is 15.9 Å². The average Bonchev–Trinajstić information content (AvgIpc) is 2.98. The van der Waals surface area contributed by atoms with Crippen LogP contribution in [0.4, 0.5) is 10.8 Å². The third-order valence-electron chi connectivity index (χ3n) is 3.83. The predicted octanol–water partition coefficient (Wildman–Crippen LogP) is 2.64. The Labute approximate surface area is 142 Å². The van der Waals surface area contributed by atoms with Crippen molar-refractivity contribution in [2.75, 3.05) is 10.6 Å². The summed E-state index contributed by atoms with van der Waals surface area (Å²) >= 11 is 1.45. The highest BCUT2D eigenvalue weighted by Gasteiger charge is 2.16. The van der Waals surface area contributed by atoms with Crippen LogP contribution in [0.15, 0.2) is 27.4 Å². The normalized spacial score (nSPS) is 12.3. The van der Waals surface area contributed by atoms with Crippen LogP contribution in [-0.2, 0) is 11.8 Å². The molecule has 0 unspecified atom stereocenters. The topological polar surface area (TPSA) is 89.2 Å². The number of amides is 1. The molecule has 0 spiro atoms. The van der Waals surface area contributed by atoms with E-state index in [1.54, 1.807) is 32.2 Å². The quantitative estimate of drug-likeness (QED) is 0.758. The third-order valence-corrected chi connectivity index (χ3v) is 4.82. The third kappa shape index (κ3) is 3.05. The second-order valence-electron chi connectivity index (χ2n) is 5.63. The van der Waals surface area contributed by atoms with Crippen LogP contribution in [0.5, 0.6) is 0 Å². The lowest BCUT2D eigenvalue weighted by Gasteiger charge is -2.14. The zero-order valence-electron chi connectivity index (χ0n) is 13.8. The van der Waals surface area contributed by atoms with Crippen molar-refractivity contribution in [3.8, 4) is 0 Å². The number of carbonyl (C=O) groups is 1. The average molecular weight is 346 g/mol. The molecule has 0 aliphatic rings. The number of hydrogen-bond donors (Lipinski definition) is 2. The Morgan fingerprint density at radius 1 is 1.38 bits per heavy atom. The van der Waals surface area contributed by atoms with Crippen LogP contribution in [0.1, 0.15) is 17.5 Å². The first-order valence-electron chi connectivity index (χ1n) is 7.46. The Hall–Kier alpha value is -2.61. The molecule has 8 heteroatoms. The van der Waals surface area contributed by atoms with Gasteiger partial charge in [0.1, 0.15) is 6.04 Å². The number of benzene rings is 1. The number of rotatable bonds is 4. The zero-order valence-corrected chi connectivity index (χ0v) is 14.7. The molecular formula is C16H18N4O3S. The summed E-state index contributed by atoms with van der Waals surface area (Å²) in [5.41, 5.74) is 2.80. The molecule has 0 saturated carbocycles. The molecule has 0 saturated heterocycles. The van der Waals surface area contributed by atoms with E-state index in [0.29, 0.717) is 21.9 Å². The lowest BCUT2D eigenvalue weighted by molar-refractivity contribution is -0.116. The summed E-state index contributed by atoms with van der Waals surface area (Å²) in [5.74, 6) is -0.596. The second kappa shape index (κ2) is 6.12. The molecule has 126 valence electrons. The van der Waals surface area contributed by atoms with Gasteiger partial charge < -0.3 is 15.1 Å². The molecule has 7 nitrogen and oxygen atoms in total. The SMILES string of the molecule is Cc1nc(NC(=O)[C@@H](C)Nc2ccc3c(c2)oc(=O)n3C)sc1C. The van der Waals surface area contributed by atoms with E-state index in [9.17, 15) is 9.59 Å². The van der Waals surface area contributed by atoms with Crippen molar-refractivity contribution >= 4 is 39.2 Å². The summed E-state index contributed by atoms with van der Waals surface area (Å²) < 4.78 is 6.58. The molecule has 1 aromatic carbocycles. The fraction of sp³-hybridized carbons (Fsp3) is 0.312. The van der Waals surface area contributed by atoms with Crippen molar-refractivity contribution in [3.63, 3.8) is 0 Å². The van der Waals surface area contributed by atoms with Crippen molar-refractivity contribution in [3.05, 3.63) is 39.3 Å². The van der Waals surface area contributed by atoms with Gasteiger partial charge in [0, 0.05) is 23.7 Å². The van der Waals surface area contributed by atoms with Gasteiger partial charge in [0.05, 0.1) is 11.2 Å². The number of fused-ring (bicyclic) bond motifs is 1. The maximum Gasteiger partial charge on any atom is 0.419 e. The van der Waals surface area contributed by atoms with Gasteiger partial charge in [0.15, 0.2) is 10.7 Å². The van der Waals surface area contributed by atoms with E-state index in [4.69, 9.17) is 4.42 Å². The van der Waals surface area contributed by atoms with Gasteiger partial charge in [-0.15, -0.1) is 11.3 Å². The lowest BCUT2D eigenvalue weighted by atomic mass is 10.2. The van der Waals surface area contributed by atoms with E-state index in [1.807, 2.05) is 13.8 Å². The first kappa shape index (κ1) is 16.3. The van der Waals surface area contributed by atoms with Crippen LogP contribution in [-0.4, -0.2) is 21.5 Å². The Kier molecular flexibility index (Phi) is 4.15. The summed E-state index contributed by atoms with van der Waals surface area (Å²) in [6, 6.07) is 4.82. The largest absolute Gasteiger partial charge is 0.419 e. The Morgan fingerprint density at radius 3 is 2.79 bits per heavy atom. The van der Waals surface area contributed by atoms with Gasteiger partial charge in [-0.1, -0.05) is 0 Å². The highest BCUT2D eigenvalue weighted by atomic mass is 32.1. The number of nitrogens with one attached hydrogen (secondary N) is 2. The van der Waals surface area contributed by atoms with Gasteiger partial charge in [-0.05, 0) is 32.9 Å². The second-order valence-corrected chi connectivity index (χ2v) is 6.83. The number of hydrogen-bond acceptors (Lipinski definition) is 6. The standard InChI is InChI=1S/C16H18N4O3S/c1-8-10(3)24-15(18-8)19-14(21)9(2)17-11-5-6-12-13(7-11)23-16(22)20(12)4/h5-7,9,17H,1-4H3,(H,18,19,21)/t9-/m1/s1. The number of aryl methyl sites for hydroxylation is 3. The minimum atomic E-state index is -0.470. The molecule has 2 aromatic heterocycles. The summed E-state index contributed by atoms with van der Waals surface area (Å²) in [7, 11) is 1.65. The van der Waals surface area contributed by atoms with Crippen molar-refractivity contribution in [1.82, 2.24) is 9.55 Å². The monoisotopic (exact) mass is 346 g/mol. The summed E-state index contributed by atoms with van der Waals surface area (Å²) in [4.78, 5) is 29.2. The molecule has 1 amide bonds. The molecule has 2 N–H and O–H groups in total. The van der Waals surface area contributed by atoms with E-state index in [0.717, 1.165) is 10.6 Å². The molecule has 0 aliphatic heterocycles. The highest BCUT2D eigenvalue weighted by molar-refractivity contribution is 7.15. The molecular weight excluding hydrogens is 328 g/mol. The molecule has 1 atom stereocenters. The Morgan fingerprint density at radius 2 is 2.12 bits per heavy atom. The van der Waals surface area contributed by atoms with Gasteiger partial charge in [-0.3, -0.25) is 9.36 Å². The highest BCUT2D eigenvalue weighted by Crippen LogP contribution is 2.22. The van der Waals surface area contributed by atoms with E-state index >= 15 is 0 Å². The minimum absolute atomic E-state index is 0.182. The number of anilines is 2. The van der Waals surface area contributed by atoms with Crippen LogP contribution >= 0.6 is 11.3 Å². The fourth-order valence-corrected chi connectivity index (χ4v) is 3.10. The molecule has 24 heavy (non-hydrogen) atoms. The molecule has 3 rings (SSSR count). The maximum atomic E-state index is 12.3.